The van der Waals surface area contributed by atoms with E-state index in [1.165, 1.54) is 23.1 Å². The number of fused-ring (bicyclic) bond motifs is 1. The molecule has 0 saturated carbocycles. The molecule has 3 rings (SSSR count). The average Bonchev–Trinajstić information content (AvgIpc) is 2.63. The molecule has 0 aromatic heterocycles. The second-order valence-electron chi connectivity index (χ2n) is 5.45. The van der Waals surface area contributed by atoms with Gasteiger partial charge in [0.25, 0.3) is 5.91 Å². The molecule has 2 aromatic carbocycles. The van der Waals surface area contributed by atoms with Crippen molar-refractivity contribution in [3.63, 3.8) is 0 Å². The van der Waals surface area contributed by atoms with E-state index in [1.54, 1.807) is 24.3 Å². The second-order valence-corrected chi connectivity index (χ2v) is 5.45. The highest BCUT2D eigenvalue weighted by atomic mass is 19.1. The smallest absolute Gasteiger partial charge is 0.344 e. The van der Waals surface area contributed by atoms with Gasteiger partial charge in [0.15, 0.2) is 13.2 Å². The minimum Gasteiger partial charge on any atom is -0.482 e. The molecule has 0 fully saturated rings. The molecular weight excluding hydrogens is 343 g/mol. The Morgan fingerprint density at radius 1 is 1.12 bits per heavy atom. The van der Waals surface area contributed by atoms with Gasteiger partial charge in [-0.1, -0.05) is 18.2 Å². The Labute approximate surface area is 148 Å². The Hall–Kier alpha value is -3.42. The summed E-state index contributed by atoms with van der Waals surface area (Å²) in [5.41, 5.74) is 1.04. The molecular formula is C18H15FN2O5. The fourth-order valence-corrected chi connectivity index (χ4v) is 2.42. The molecule has 1 N–H and O–H groups in total. The zero-order valence-corrected chi connectivity index (χ0v) is 13.6. The van der Waals surface area contributed by atoms with Crippen LogP contribution in [0, 0.1) is 5.82 Å². The molecule has 0 saturated heterocycles. The average molecular weight is 358 g/mol. The molecule has 2 amide bonds. The van der Waals surface area contributed by atoms with Gasteiger partial charge in [-0.2, -0.15) is 0 Å². The summed E-state index contributed by atoms with van der Waals surface area (Å²) in [5.74, 6) is -1.97. The number of hydrogen-bond acceptors (Lipinski definition) is 5. The highest BCUT2D eigenvalue weighted by Gasteiger charge is 2.27. The third kappa shape index (κ3) is 4.15. The first-order valence-corrected chi connectivity index (χ1v) is 7.76. The number of esters is 1. The molecule has 1 aliphatic rings. The van der Waals surface area contributed by atoms with Crippen LogP contribution in [0.15, 0.2) is 48.5 Å². The molecule has 0 radical (unpaired) electrons. The Morgan fingerprint density at radius 2 is 1.92 bits per heavy atom. The van der Waals surface area contributed by atoms with Gasteiger partial charge >= 0.3 is 5.97 Å². The maximum absolute atomic E-state index is 13.0. The molecule has 134 valence electrons. The largest absolute Gasteiger partial charge is 0.482 e. The number of para-hydroxylation sites is 2. The van der Waals surface area contributed by atoms with E-state index in [4.69, 9.17) is 9.47 Å². The number of anilines is 2. The van der Waals surface area contributed by atoms with Crippen molar-refractivity contribution in [3.8, 4) is 5.75 Å². The number of carbonyl (C=O) groups is 3. The quantitative estimate of drug-likeness (QED) is 0.823. The lowest BCUT2D eigenvalue weighted by Gasteiger charge is -2.28. The molecule has 0 unspecified atom stereocenters. The zero-order valence-electron chi connectivity index (χ0n) is 13.6. The molecule has 0 atom stereocenters. The van der Waals surface area contributed by atoms with Gasteiger partial charge in [-0.25, -0.2) is 9.18 Å². The first kappa shape index (κ1) is 17.4. The molecule has 8 heteroatoms. The van der Waals surface area contributed by atoms with E-state index >= 15 is 0 Å². The van der Waals surface area contributed by atoms with Gasteiger partial charge in [0, 0.05) is 6.07 Å². The summed E-state index contributed by atoms with van der Waals surface area (Å²) in [6.45, 7) is -1.16. The van der Waals surface area contributed by atoms with E-state index in [0.717, 1.165) is 6.07 Å². The van der Waals surface area contributed by atoms with Crippen LogP contribution in [0.4, 0.5) is 15.8 Å². The van der Waals surface area contributed by atoms with Crippen molar-refractivity contribution >= 4 is 29.2 Å². The standard InChI is InChI=1S/C18H15FN2O5/c19-12-4-3-5-13(8-12)25-11-18(24)26-10-17(23)21-9-16(22)20-14-6-1-2-7-15(14)21/h1-8H,9-11H2,(H,20,22). The van der Waals surface area contributed by atoms with Crippen LogP contribution in [0.1, 0.15) is 0 Å². The minimum atomic E-state index is -0.780. The van der Waals surface area contributed by atoms with E-state index in [1.807, 2.05) is 0 Å². The van der Waals surface area contributed by atoms with Crippen molar-refractivity contribution in [3.05, 3.63) is 54.3 Å². The molecule has 0 bridgehead atoms. The zero-order chi connectivity index (χ0) is 18.5. The summed E-state index contributed by atoms with van der Waals surface area (Å²) < 4.78 is 23.0. The Balaban J connectivity index is 1.54. The van der Waals surface area contributed by atoms with Gasteiger partial charge < -0.3 is 14.8 Å². The predicted octanol–water partition coefficient (Wildman–Crippen LogP) is 1.73. The maximum atomic E-state index is 13.0. The van der Waals surface area contributed by atoms with Gasteiger partial charge in [-0.05, 0) is 24.3 Å². The number of carbonyl (C=O) groups excluding carboxylic acids is 3. The molecule has 0 aliphatic carbocycles. The van der Waals surface area contributed by atoms with E-state index in [2.05, 4.69) is 5.32 Å². The van der Waals surface area contributed by atoms with Crippen molar-refractivity contribution in [1.29, 1.82) is 0 Å². The van der Waals surface area contributed by atoms with Crippen LogP contribution >= 0.6 is 0 Å². The second kappa shape index (κ2) is 7.64. The number of amides is 2. The molecule has 2 aromatic rings. The lowest BCUT2D eigenvalue weighted by molar-refractivity contribution is -0.149. The van der Waals surface area contributed by atoms with E-state index < -0.39 is 30.9 Å². The SMILES string of the molecule is O=C1CN(C(=O)COC(=O)COc2cccc(F)c2)c2ccccc2N1. The topological polar surface area (TPSA) is 84.9 Å². The number of nitrogens with zero attached hydrogens (tertiary/aromatic N) is 1. The summed E-state index contributed by atoms with van der Waals surface area (Å²) in [4.78, 5) is 37.0. The monoisotopic (exact) mass is 358 g/mol. The number of nitrogens with one attached hydrogen (secondary N) is 1. The first-order chi connectivity index (χ1) is 12.5. The Kier molecular flexibility index (Phi) is 5.12. The van der Waals surface area contributed by atoms with Crippen molar-refractivity contribution in [2.45, 2.75) is 0 Å². The van der Waals surface area contributed by atoms with Gasteiger partial charge in [0.05, 0.1) is 11.4 Å². The fraction of sp³-hybridized carbons (Fsp3) is 0.167. The van der Waals surface area contributed by atoms with Crippen LogP contribution in [0.3, 0.4) is 0 Å². The lowest BCUT2D eigenvalue weighted by Crippen LogP contribution is -2.44. The van der Waals surface area contributed by atoms with E-state index in [0.29, 0.717) is 11.4 Å². The van der Waals surface area contributed by atoms with Crippen LogP contribution in [0.2, 0.25) is 0 Å². The number of halogens is 1. The van der Waals surface area contributed by atoms with Crippen LogP contribution in [-0.2, 0) is 19.1 Å². The summed E-state index contributed by atoms with van der Waals surface area (Å²) in [6.07, 6.45) is 0. The number of rotatable bonds is 5. The van der Waals surface area contributed by atoms with Crippen molar-refractivity contribution < 1.29 is 28.2 Å². The normalized spacial score (nSPS) is 12.8. The highest BCUT2D eigenvalue weighted by Crippen LogP contribution is 2.28. The van der Waals surface area contributed by atoms with Gasteiger partial charge in [0.1, 0.15) is 18.1 Å². The lowest BCUT2D eigenvalue weighted by atomic mass is 10.2. The van der Waals surface area contributed by atoms with Crippen LogP contribution in [-0.4, -0.2) is 37.5 Å². The minimum absolute atomic E-state index is 0.160. The van der Waals surface area contributed by atoms with Crippen molar-refractivity contribution in [1.82, 2.24) is 0 Å². The molecule has 26 heavy (non-hydrogen) atoms. The maximum Gasteiger partial charge on any atom is 0.344 e. The summed E-state index contributed by atoms with van der Waals surface area (Å²) >= 11 is 0. The number of benzene rings is 2. The summed E-state index contributed by atoms with van der Waals surface area (Å²) in [7, 11) is 0. The van der Waals surface area contributed by atoms with E-state index in [9.17, 15) is 18.8 Å². The Morgan fingerprint density at radius 3 is 2.73 bits per heavy atom. The third-order valence-electron chi connectivity index (χ3n) is 3.58. The highest BCUT2D eigenvalue weighted by molar-refractivity contribution is 6.10. The first-order valence-electron chi connectivity index (χ1n) is 7.76. The predicted molar refractivity (Wildman–Crippen MR) is 90.3 cm³/mol. The van der Waals surface area contributed by atoms with Crippen molar-refractivity contribution in [2.24, 2.45) is 0 Å². The summed E-state index contributed by atoms with van der Waals surface area (Å²) in [6, 6.07) is 12.1. The van der Waals surface area contributed by atoms with Gasteiger partial charge in [-0.3, -0.25) is 14.5 Å². The Bertz CT molecular complexity index is 855. The number of ether oxygens (including phenoxy) is 2. The molecule has 1 heterocycles. The van der Waals surface area contributed by atoms with Crippen LogP contribution < -0.4 is 15.0 Å². The molecule has 0 spiro atoms. The van der Waals surface area contributed by atoms with Gasteiger partial charge in [0.2, 0.25) is 5.91 Å². The van der Waals surface area contributed by atoms with Gasteiger partial charge in [-0.15, -0.1) is 0 Å². The third-order valence-corrected chi connectivity index (χ3v) is 3.58. The van der Waals surface area contributed by atoms with Crippen molar-refractivity contribution in [2.75, 3.05) is 30.0 Å². The van der Waals surface area contributed by atoms with Crippen LogP contribution in [0.25, 0.3) is 0 Å². The van der Waals surface area contributed by atoms with E-state index in [-0.39, 0.29) is 18.2 Å². The molecule has 1 aliphatic heterocycles. The fourth-order valence-electron chi connectivity index (χ4n) is 2.42. The number of hydrogen-bond donors (Lipinski definition) is 1. The van der Waals surface area contributed by atoms with Crippen LogP contribution in [0.5, 0.6) is 5.75 Å². The molecule has 7 nitrogen and oxygen atoms in total. The summed E-state index contributed by atoms with van der Waals surface area (Å²) in [5, 5.41) is 2.66.